The number of nitrogens with one attached hydrogen (secondary N) is 1. The molecule has 2 aromatic carbocycles. The highest BCUT2D eigenvalue weighted by atomic mass is 35.5. The van der Waals surface area contributed by atoms with Gasteiger partial charge in [0.2, 0.25) is 5.78 Å². The summed E-state index contributed by atoms with van der Waals surface area (Å²) in [7, 11) is 0. The van der Waals surface area contributed by atoms with Crippen molar-refractivity contribution in [1.29, 1.82) is 0 Å². The third kappa shape index (κ3) is 3.17. The number of rotatable bonds is 4. The number of carbonyl (C=O) groups is 1. The average Bonchev–Trinajstić information content (AvgIpc) is 2.94. The Morgan fingerprint density at radius 1 is 0.909 bits per heavy atom. The van der Waals surface area contributed by atoms with E-state index in [-0.39, 0.29) is 5.78 Å². The molecule has 22 heavy (non-hydrogen) atoms. The molecule has 0 fully saturated rings. The molecule has 0 aliphatic rings. The summed E-state index contributed by atoms with van der Waals surface area (Å²) in [5.41, 5.74) is 2.23. The van der Waals surface area contributed by atoms with E-state index in [0.717, 1.165) is 11.4 Å². The van der Waals surface area contributed by atoms with Gasteiger partial charge < -0.3 is 5.32 Å². The zero-order valence-electron chi connectivity index (χ0n) is 11.3. The Morgan fingerprint density at radius 2 is 1.68 bits per heavy atom. The molecule has 0 spiro atoms. The van der Waals surface area contributed by atoms with Gasteiger partial charge >= 0.3 is 0 Å². The smallest absolute Gasteiger partial charge is 0.205 e. The van der Waals surface area contributed by atoms with Crippen molar-refractivity contribution in [3.63, 3.8) is 0 Å². The summed E-state index contributed by atoms with van der Waals surface area (Å²) in [6, 6.07) is 16.7. The fourth-order valence-electron chi connectivity index (χ4n) is 2.04. The molecule has 5 heteroatoms. The Labute approximate surface area is 142 Å². The van der Waals surface area contributed by atoms with Crippen molar-refractivity contribution >= 4 is 51.7 Å². The van der Waals surface area contributed by atoms with Crippen LogP contribution in [0.3, 0.4) is 0 Å². The van der Waals surface area contributed by atoms with Gasteiger partial charge in [0.05, 0.1) is 14.9 Å². The maximum absolute atomic E-state index is 12.4. The van der Waals surface area contributed by atoms with Crippen LogP contribution in [0.25, 0.3) is 0 Å². The van der Waals surface area contributed by atoms with Gasteiger partial charge in [-0.05, 0) is 41.8 Å². The fourth-order valence-corrected chi connectivity index (χ4v) is 3.40. The molecule has 0 bridgehead atoms. The van der Waals surface area contributed by atoms with E-state index < -0.39 is 0 Å². The van der Waals surface area contributed by atoms with E-state index >= 15 is 0 Å². The molecule has 1 heterocycles. The second kappa shape index (κ2) is 6.53. The summed E-state index contributed by atoms with van der Waals surface area (Å²) in [6.45, 7) is 0. The van der Waals surface area contributed by atoms with Gasteiger partial charge in [-0.2, -0.15) is 0 Å². The highest BCUT2D eigenvalue weighted by Crippen LogP contribution is 2.30. The fraction of sp³-hybridized carbons (Fsp3) is 0. The topological polar surface area (TPSA) is 29.1 Å². The quantitative estimate of drug-likeness (QED) is 0.583. The first kappa shape index (κ1) is 15.1. The molecule has 0 aliphatic carbocycles. The van der Waals surface area contributed by atoms with Gasteiger partial charge in [-0.3, -0.25) is 4.79 Å². The molecule has 0 unspecified atom stereocenters. The number of carbonyl (C=O) groups excluding carboxylic acids is 1. The molecule has 0 aliphatic heterocycles. The number of hydrogen-bond donors (Lipinski definition) is 1. The number of thiophene rings is 1. The maximum Gasteiger partial charge on any atom is 0.205 e. The van der Waals surface area contributed by atoms with Crippen molar-refractivity contribution in [2.75, 3.05) is 5.32 Å². The number of anilines is 2. The molecule has 1 aromatic heterocycles. The van der Waals surface area contributed by atoms with Gasteiger partial charge in [0.15, 0.2) is 0 Å². The first-order valence-electron chi connectivity index (χ1n) is 6.54. The number of hydrogen-bond acceptors (Lipinski definition) is 3. The first-order chi connectivity index (χ1) is 10.6. The number of ketones is 1. The van der Waals surface area contributed by atoms with Crippen LogP contribution in [0, 0.1) is 0 Å². The lowest BCUT2D eigenvalue weighted by atomic mass is 10.1. The van der Waals surface area contributed by atoms with Crippen LogP contribution in [0.2, 0.25) is 10.0 Å². The molecule has 0 amide bonds. The molecule has 3 aromatic rings. The van der Waals surface area contributed by atoms with Crippen LogP contribution in [-0.2, 0) is 0 Å². The van der Waals surface area contributed by atoms with Gasteiger partial charge in [-0.15, -0.1) is 11.3 Å². The van der Waals surface area contributed by atoms with Gasteiger partial charge in [-0.1, -0.05) is 41.4 Å². The summed E-state index contributed by atoms with van der Waals surface area (Å²) in [5, 5.41) is 5.88. The lowest BCUT2D eigenvalue weighted by Crippen LogP contribution is -2.01. The molecule has 1 N–H and O–H groups in total. The lowest BCUT2D eigenvalue weighted by Gasteiger charge is -2.09. The number of benzene rings is 2. The zero-order chi connectivity index (χ0) is 15.5. The van der Waals surface area contributed by atoms with Crippen LogP contribution in [0.4, 0.5) is 11.4 Å². The monoisotopic (exact) mass is 347 g/mol. The SMILES string of the molecule is O=C(c1ccc(Nc2ccccc2)cc1Cl)c1sccc1Cl. The Morgan fingerprint density at radius 3 is 2.32 bits per heavy atom. The third-order valence-electron chi connectivity index (χ3n) is 3.10. The van der Waals surface area contributed by atoms with Crippen molar-refractivity contribution in [1.82, 2.24) is 0 Å². The largest absolute Gasteiger partial charge is 0.355 e. The molecular formula is C17H11Cl2NOS. The number of para-hydroxylation sites is 1. The minimum Gasteiger partial charge on any atom is -0.355 e. The second-order valence-corrected chi connectivity index (χ2v) is 6.34. The molecular weight excluding hydrogens is 337 g/mol. The van der Waals surface area contributed by atoms with Crippen molar-refractivity contribution in [2.45, 2.75) is 0 Å². The van der Waals surface area contributed by atoms with E-state index in [1.54, 1.807) is 23.6 Å². The predicted octanol–water partition coefficient (Wildman–Crippen LogP) is 6.03. The lowest BCUT2D eigenvalue weighted by molar-refractivity contribution is 0.104. The van der Waals surface area contributed by atoms with Gasteiger partial charge in [0, 0.05) is 16.9 Å². The van der Waals surface area contributed by atoms with Crippen LogP contribution < -0.4 is 5.32 Å². The molecule has 0 saturated carbocycles. The highest BCUT2D eigenvalue weighted by molar-refractivity contribution is 7.13. The van der Waals surface area contributed by atoms with Gasteiger partial charge in [0.1, 0.15) is 0 Å². The highest BCUT2D eigenvalue weighted by Gasteiger charge is 2.17. The van der Waals surface area contributed by atoms with Crippen molar-refractivity contribution < 1.29 is 4.79 Å². The summed E-state index contributed by atoms with van der Waals surface area (Å²) in [5.74, 6) is -0.156. The molecule has 110 valence electrons. The van der Waals surface area contributed by atoms with Crippen LogP contribution >= 0.6 is 34.5 Å². The molecule has 0 atom stereocenters. The maximum atomic E-state index is 12.4. The van der Waals surface area contributed by atoms with E-state index in [9.17, 15) is 4.79 Å². The molecule has 0 radical (unpaired) electrons. The van der Waals surface area contributed by atoms with E-state index in [1.165, 1.54) is 11.3 Å². The molecule has 3 rings (SSSR count). The van der Waals surface area contributed by atoms with Crippen LogP contribution in [-0.4, -0.2) is 5.78 Å². The van der Waals surface area contributed by atoms with Crippen LogP contribution in [0.1, 0.15) is 15.2 Å². The average molecular weight is 348 g/mol. The minimum absolute atomic E-state index is 0.156. The van der Waals surface area contributed by atoms with Gasteiger partial charge in [0.25, 0.3) is 0 Å². The van der Waals surface area contributed by atoms with E-state index in [1.807, 2.05) is 36.4 Å². The standard InChI is InChI=1S/C17H11Cl2NOS/c18-14-8-9-22-17(14)16(21)13-7-6-12(10-15(13)19)20-11-4-2-1-3-5-11/h1-10,20H. The third-order valence-corrected chi connectivity index (χ3v) is 4.75. The van der Waals surface area contributed by atoms with E-state index in [4.69, 9.17) is 23.2 Å². The van der Waals surface area contributed by atoms with Crippen molar-refractivity contribution in [3.05, 3.63) is 80.5 Å². The zero-order valence-corrected chi connectivity index (χ0v) is 13.7. The van der Waals surface area contributed by atoms with E-state index in [0.29, 0.717) is 20.5 Å². The van der Waals surface area contributed by atoms with Gasteiger partial charge in [-0.25, -0.2) is 0 Å². The summed E-state index contributed by atoms with van der Waals surface area (Å²) in [4.78, 5) is 12.9. The predicted molar refractivity (Wildman–Crippen MR) is 93.9 cm³/mol. The second-order valence-electron chi connectivity index (χ2n) is 4.61. The molecule has 2 nitrogen and oxygen atoms in total. The van der Waals surface area contributed by atoms with E-state index in [2.05, 4.69) is 5.32 Å². The van der Waals surface area contributed by atoms with Crippen LogP contribution in [0.15, 0.2) is 60.0 Å². The number of halogens is 2. The van der Waals surface area contributed by atoms with Crippen molar-refractivity contribution in [2.24, 2.45) is 0 Å². The Hall–Kier alpha value is -1.81. The minimum atomic E-state index is -0.156. The Kier molecular flexibility index (Phi) is 4.48. The summed E-state index contributed by atoms with van der Waals surface area (Å²) < 4.78 is 0. The Balaban J connectivity index is 1.87. The summed E-state index contributed by atoms with van der Waals surface area (Å²) in [6.07, 6.45) is 0. The first-order valence-corrected chi connectivity index (χ1v) is 8.18. The summed E-state index contributed by atoms with van der Waals surface area (Å²) >= 11 is 13.6. The van der Waals surface area contributed by atoms with Crippen molar-refractivity contribution in [3.8, 4) is 0 Å². The molecule has 0 saturated heterocycles. The normalized spacial score (nSPS) is 10.5. The van der Waals surface area contributed by atoms with Crippen LogP contribution in [0.5, 0.6) is 0 Å². The Bertz CT molecular complexity index is 815.